The van der Waals surface area contributed by atoms with Gasteiger partial charge in [0.15, 0.2) is 0 Å². The molecule has 0 unspecified atom stereocenters. The second kappa shape index (κ2) is 4.94. The molecular formula is C11H16BrN3. The number of hydrogen-bond donors (Lipinski definition) is 1. The zero-order chi connectivity index (χ0) is 10.7. The number of likely N-dealkylation sites (N-methyl/N-ethyl adjacent to an activating group) is 1. The molecule has 1 aliphatic heterocycles. The zero-order valence-electron chi connectivity index (χ0n) is 8.91. The third kappa shape index (κ3) is 2.69. The normalized spacial score (nSPS) is 21.3. The molecule has 82 valence electrons. The number of anilines is 1. The highest BCUT2D eigenvalue weighted by Gasteiger charge is 2.18. The van der Waals surface area contributed by atoms with Crippen molar-refractivity contribution in [1.82, 2.24) is 10.3 Å². The molecule has 3 nitrogen and oxygen atoms in total. The Hall–Kier alpha value is -0.610. The van der Waals surface area contributed by atoms with Gasteiger partial charge in [-0.1, -0.05) is 0 Å². The van der Waals surface area contributed by atoms with Crippen molar-refractivity contribution in [3.63, 3.8) is 0 Å². The van der Waals surface area contributed by atoms with Crippen molar-refractivity contribution in [2.75, 3.05) is 25.0 Å². The van der Waals surface area contributed by atoms with Crippen LogP contribution in [0.2, 0.25) is 0 Å². The first-order chi connectivity index (χ1) is 7.27. The van der Waals surface area contributed by atoms with Gasteiger partial charge in [-0.3, -0.25) is 0 Å². The van der Waals surface area contributed by atoms with E-state index in [2.05, 4.69) is 44.2 Å². The lowest BCUT2D eigenvalue weighted by molar-refractivity contribution is 0.443. The maximum Gasteiger partial charge on any atom is 0.128 e. The smallest absolute Gasteiger partial charge is 0.128 e. The average molecular weight is 270 g/mol. The summed E-state index contributed by atoms with van der Waals surface area (Å²) in [6.45, 7) is 2.21. The van der Waals surface area contributed by atoms with Crippen LogP contribution in [0.25, 0.3) is 0 Å². The van der Waals surface area contributed by atoms with Crippen molar-refractivity contribution >= 4 is 21.7 Å². The predicted molar refractivity (Wildman–Crippen MR) is 66.2 cm³/mol. The minimum atomic E-state index is 0.576. The fourth-order valence-corrected chi connectivity index (χ4v) is 2.16. The summed E-state index contributed by atoms with van der Waals surface area (Å²) < 4.78 is 1.03. The molecule has 0 saturated carbocycles. The van der Waals surface area contributed by atoms with Crippen LogP contribution in [0.5, 0.6) is 0 Å². The van der Waals surface area contributed by atoms with E-state index in [1.165, 1.54) is 12.8 Å². The van der Waals surface area contributed by atoms with Gasteiger partial charge in [0.2, 0.25) is 0 Å². The Morgan fingerprint density at radius 1 is 1.53 bits per heavy atom. The second-order valence-electron chi connectivity index (χ2n) is 3.95. The minimum absolute atomic E-state index is 0.576. The summed E-state index contributed by atoms with van der Waals surface area (Å²) in [5.41, 5.74) is 0. The van der Waals surface area contributed by atoms with E-state index in [0.29, 0.717) is 6.04 Å². The molecule has 0 bridgehead atoms. The van der Waals surface area contributed by atoms with Crippen LogP contribution < -0.4 is 10.2 Å². The number of hydrogen-bond acceptors (Lipinski definition) is 3. The maximum absolute atomic E-state index is 4.40. The van der Waals surface area contributed by atoms with Gasteiger partial charge in [-0.15, -0.1) is 0 Å². The molecule has 0 radical (unpaired) electrons. The predicted octanol–water partition coefficient (Wildman–Crippen LogP) is 2.03. The van der Waals surface area contributed by atoms with E-state index >= 15 is 0 Å². The molecule has 0 amide bonds. The Labute approximate surface area is 99.0 Å². The molecule has 0 spiro atoms. The zero-order valence-corrected chi connectivity index (χ0v) is 10.5. The van der Waals surface area contributed by atoms with Crippen molar-refractivity contribution in [1.29, 1.82) is 0 Å². The summed E-state index contributed by atoms with van der Waals surface area (Å²) in [4.78, 5) is 6.67. The van der Waals surface area contributed by atoms with Crippen LogP contribution in [0, 0.1) is 0 Å². The first-order valence-corrected chi connectivity index (χ1v) is 6.12. The van der Waals surface area contributed by atoms with E-state index in [4.69, 9.17) is 0 Å². The van der Waals surface area contributed by atoms with Crippen molar-refractivity contribution in [3.8, 4) is 0 Å². The van der Waals surface area contributed by atoms with Crippen LogP contribution in [0.4, 0.5) is 5.82 Å². The summed E-state index contributed by atoms with van der Waals surface area (Å²) in [5.74, 6) is 1.05. The molecule has 2 rings (SSSR count). The van der Waals surface area contributed by atoms with E-state index in [1.807, 2.05) is 12.3 Å². The first-order valence-electron chi connectivity index (χ1n) is 5.32. The van der Waals surface area contributed by atoms with Gasteiger partial charge < -0.3 is 10.2 Å². The van der Waals surface area contributed by atoms with Gasteiger partial charge in [0.25, 0.3) is 0 Å². The highest BCUT2D eigenvalue weighted by atomic mass is 79.9. The van der Waals surface area contributed by atoms with Crippen molar-refractivity contribution in [2.24, 2.45) is 0 Å². The van der Waals surface area contributed by atoms with Gasteiger partial charge in [-0.05, 0) is 47.4 Å². The number of aromatic nitrogens is 1. The third-order valence-corrected chi connectivity index (χ3v) is 3.36. The number of pyridine rings is 1. The highest BCUT2D eigenvalue weighted by Crippen LogP contribution is 2.18. The van der Waals surface area contributed by atoms with E-state index < -0.39 is 0 Å². The molecule has 1 aromatic rings. The van der Waals surface area contributed by atoms with E-state index in [0.717, 1.165) is 23.4 Å². The topological polar surface area (TPSA) is 28.2 Å². The Morgan fingerprint density at radius 2 is 2.40 bits per heavy atom. The highest BCUT2D eigenvalue weighted by molar-refractivity contribution is 9.10. The van der Waals surface area contributed by atoms with E-state index in [9.17, 15) is 0 Å². The molecule has 1 N–H and O–H groups in total. The molecule has 15 heavy (non-hydrogen) atoms. The summed E-state index contributed by atoms with van der Waals surface area (Å²) in [6, 6.07) is 4.67. The van der Waals surface area contributed by atoms with Crippen LogP contribution >= 0.6 is 15.9 Å². The van der Waals surface area contributed by atoms with Crippen LogP contribution in [-0.2, 0) is 0 Å². The molecule has 1 saturated heterocycles. The third-order valence-electron chi connectivity index (χ3n) is 2.89. The SMILES string of the molecule is CN(c1ccc(Br)cn1)[C@H]1CCCNC1. The Bertz CT molecular complexity index is 306. The fourth-order valence-electron chi connectivity index (χ4n) is 1.93. The van der Waals surface area contributed by atoms with E-state index in [-0.39, 0.29) is 0 Å². The monoisotopic (exact) mass is 269 g/mol. The number of nitrogens with one attached hydrogen (secondary N) is 1. The van der Waals surface area contributed by atoms with Gasteiger partial charge in [-0.2, -0.15) is 0 Å². The fraction of sp³-hybridized carbons (Fsp3) is 0.545. The number of rotatable bonds is 2. The van der Waals surface area contributed by atoms with Crippen LogP contribution in [0.1, 0.15) is 12.8 Å². The van der Waals surface area contributed by atoms with Gasteiger partial charge in [0.1, 0.15) is 5.82 Å². The van der Waals surface area contributed by atoms with E-state index in [1.54, 1.807) is 0 Å². The largest absolute Gasteiger partial charge is 0.355 e. The minimum Gasteiger partial charge on any atom is -0.355 e. The number of nitrogens with zero attached hydrogens (tertiary/aromatic N) is 2. The number of halogens is 1. The lowest BCUT2D eigenvalue weighted by Crippen LogP contribution is -2.44. The van der Waals surface area contributed by atoms with Crippen molar-refractivity contribution in [3.05, 3.63) is 22.8 Å². The van der Waals surface area contributed by atoms with Crippen molar-refractivity contribution < 1.29 is 0 Å². The molecule has 2 heterocycles. The first kappa shape index (κ1) is 10.9. The van der Waals surface area contributed by atoms with Gasteiger partial charge in [0, 0.05) is 30.3 Å². The lowest BCUT2D eigenvalue weighted by Gasteiger charge is -2.32. The maximum atomic E-state index is 4.40. The molecule has 0 aliphatic carbocycles. The molecule has 1 fully saturated rings. The number of piperidine rings is 1. The molecule has 1 atom stereocenters. The standard InChI is InChI=1S/C11H16BrN3/c1-15(10-3-2-6-13-8-10)11-5-4-9(12)7-14-11/h4-5,7,10,13H,2-3,6,8H2,1H3/t10-/m0/s1. The quantitative estimate of drug-likeness (QED) is 0.891. The van der Waals surface area contributed by atoms with Crippen LogP contribution in [-0.4, -0.2) is 31.2 Å². The van der Waals surface area contributed by atoms with Crippen molar-refractivity contribution in [2.45, 2.75) is 18.9 Å². The average Bonchev–Trinajstić information content (AvgIpc) is 2.30. The summed E-state index contributed by atoms with van der Waals surface area (Å²) >= 11 is 3.40. The van der Waals surface area contributed by atoms with Crippen LogP contribution in [0.15, 0.2) is 22.8 Å². The molecule has 1 aliphatic rings. The Morgan fingerprint density at radius 3 is 3.00 bits per heavy atom. The van der Waals surface area contributed by atoms with Crippen LogP contribution in [0.3, 0.4) is 0 Å². The molecule has 4 heteroatoms. The lowest BCUT2D eigenvalue weighted by atomic mass is 10.1. The molecule has 1 aromatic heterocycles. The van der Waals surface area contributed by atoms with Gasteiger partial charge in [0.05, 0.1) is 0 Å². The van der Waals surface area contributed by atoms with Gasteiger partial charge >= 0.3 is 0 Å². The second-order valence-corrected chi connectivity index (χ2v) is 4.86. The summed E-state index contributed by atoms with van der Waals surface area (Å²) in [6.07, 6.45) is 4.36. The molecule has 0 aromatic carbocycles. The Balaban J connectivity index is 2.05. The Kier molecular flexibility index (Phi) is 3.59. The summed E-state index contributed by atoms with van der Waals surface area (Å²) in [5, 5.41) is 3.42. The summed E-state index contributed by atoms with van der Waals surface area (Å²) in [7, 11) is 2.12. The van der Waals surface area contributed by atoms with Gasteiger partial charge in [-0.25, -0.2) is 4.98 Å². The molecular weight excluding hydrogens is 254 g/mol.